The molecule has 0 bridgehead atoms. The molecule has 0 unspecified atom stereocenters. The molecule has 0 fully saturated rings. The number of carbonyl (C=O) groups is 4. The van der Waals surface area contributed by atoms with E-state index in [1.807, 2.05) is 48.5 Å². The normalized spacial score (nSPS) is 14.2. The van der Waals surface area contributed by atoms with E-state index in [9.17, 15) is 24.3 Å². The Labute approximate surface area is 179 Å². The quantitative estimate of drug-likeness (QED) is 0.514. The molecule has 0 saturated heterocycles. The molecule has 3 rings (SSSR count). The van der Waals surface area contributed by atoms with Crippen LogP contribution < -0.4 is 5.32 Å². The minimum atomic E-state index is -1.52. The van der Waals surface area contributed by atoms with Crippen LogP contribution in [0.1, 0.15) is 24.0 Å². The minimum Gasteiger partial charge on any atom is -0.480 e. The van der Waals surface area contributed by atoms with Crippen molar-refractivity contribution >= 4 is 23.8 Å². The first-order valence-electron chi connectivity index (χ1n) is 9.68. The standard InChI is InChI=1S/C23H23NO7/c1-12(17(22(28)30-2)23(29)31-3)19(21(26)27)24-20(25)18-15-10-6-4-8-13(15)14-9-5-7-11-16(14)18/h4-12,17-19H,1-3H3,(H,24,25)(H,26,27)/t12-,19-/m1/s1. The number of methoxy groups -OCH3 is 2. The van der Waals surface area contributed by atoms with Crippen molar-refractivity contribution in [1.82, 2.24) is 5.32 Å². The first-order valence-corrected chi connectivity index (χ1v) is 9.68. The highest BCUT2D eigenvalue weighted by Crippen LogP contribution is 2.44. The van der Waals surface area contributed by atoms with Gasteiger partial charge in [0.1, 0.15) is 6.04 Å². The van der Waals surface area contributed by atoms with Crippen molar-refractivity contribution in [1.29, 1.82) is 0 Å². The Kier molecular flexibility index (Phi) is 6.39. The number of carboxylic acid groups (broad SMARTS) is 1. The van der Waals surface area contributed by atoms with Gasteiger partial charge in [-0.2, -0.15) is 0 Å². The van der Waals surface area contributed by atoms with Crippen molar-refractivity contribution in [2.45, 2.75) is 18.9 Å². The number of nitrogens with one attached hydrogen (secondary N) is 1. The number of rotatable bonds is 7. The Balaban J connectivity index is 1.94. The third-order valence-electron chi connectivity index (χ3n) is 5.62. The van der Waals surface area contributed by atoms with Crippen LogP contribution >= 0.6 is 0 Å². The lowest BCUT2D eigenvalue weighted by atomic mass is 9.86. The number of hydrogen-bond acceptors (Lipinski definition) is 6. The predicted molar refractivity (Wildman–Crippen MR) is 110 cm³/mol. The lowest BCUT2D eigenvalue weighted by molar-refractivity contribution is -0.163. The maximum absolute atomic E-state index is 13.3. The van der Waals surface area contributed by atoms with Crippen LogP contribution in [0, 0.1) is 11.8 Å². The first-order chi connectivity index (χ1) is 14.8. The molecule has 0 radical (unpaired) electrons. The topological polar surface area (TPSA) is 119 Å². The van der Waals surface area contributed by atoms with Crippen LogP contribution in [-0.4, -0.2) is 49.2 Å². The minimum absolute atomic E-state index is 0.537. The molecular weight excluding hydrogens is 402 g/mol. The summed E-state index contributed by atoms with van der Waals surface area (Å²) >= 11 is 0. The summed E-state index contributed by atoms with van der Waals surface area (Å²) in [6.45, 7) is 1.38. The van der Waals surface area contributed by atoms with E-state index in [1.165, 1.54) is 6.92 Å². The molecule has 0 aliphatic heterocycles. The second-order valence-electron chi connectivity index (χ2n) is 7.32. The van der Waals surface area contributed by atoms with E-state index in [0.29, 0.717) is 0 Å². The average Bonchev–Trinajstić information content (AvgIpc) is 3.11. The zero-order valence-electron chi connectivity index (χ0n) is 17.3. The summed E-state index contributed by atoms with van der Waals surface area (Å²) in [7, 11) is 2.18. The SMILES string of the molecule is COC(=O)C(C(=O)OC)[C@@H](C)[C@@H](NC(=O)C1c2ccccc2-c2ccccc21)C(=O)O. The molecule has 2 aromatic carbocycles. The monoisotopic (exact) mass is 425 g/mol. The Bertz CT molecular complexity index is 971. The van der Waals surface area contributed by atoms with Crippen LogP contribution in [-0.2, 0) is 28.7 Å². The molecule has 1 aliphatic rings. The van der Waals surface area contributed by atoms with E-state index in [2.05, 4.69) is 14.8 Å². The molecule has 0 spiro atoms. The van der Waals surface area contributed by atoms with Gasteiger partial charge in [-0.25, -0.2) is 4.79 Å². The number of esters is 2. The maximum Gasteiger partial charge on any atom is 0.326 e. The van der Waals surface area contributed by atoms with Gasteiger partial charge in [0.05, 0.1) is 20.1 Å². The number of fused-ring (bicyclic) bond motifs is 3. The van der Waals surface area contributed by atoms with E-state index in [4.69, 9.17) is 0 Å². The van der Waals surface area contributed by atoms with Gasteiger partial charge < -0.3 is 19.9 Å². The molecule has 2 N–H and O–H groups in total. The van der Waals surface area contributed by atoms with Gasteiger partial charge in [-0.15, -0.1) is 0 Å². The van der Waals surface area contributed by atoms with Crippen LogP contribution in [0.2, 0.25) is 0 Å². The Morgan fingerprint density at radius 1 is 0.871 bits per heavy atom. The zero-order chi connectivity index (χ0) is 22.7. The fourth-order valence-corrected chi connectivity index (χ4v) is 4.06. The number of benzene rings is 2. The highest BCUT2D eigenvalue weighted by molar-refractivity contribution is 5.99. The van der Waals surface area contributed by atoms with E-state index in [1.54, 1.807) is 0 Å². The van der Waals surface area contributed by atoms with Crippen LogP contribution in [0.4, 0.5) is 0 Å². The molecule has 8 nitrogen and oxygen atoms in total. The molecular formula is C23H23NO7. The van der Waals surface area contributed by atoms with E-state index < -0.39 is 47.6 Å². The predicted octanol–water partition coefficient (Wildman–Crippen LogP) is 1.97. The smallest absolute Gasteiger partial charge is 0.326 e. The van der Waals surface area contributed by atoms with Gasteiger partial charge in [-0.3, -0.25) is 14.4 Å². The van der Waals surface area contributed by atoms with Crippen LogP contribution in [0.25, 0.3) is 11.1 Å². The molecule has 8 heteroatoms. The number of carbonyl (C=O) groups excluding carboxylic acids is 3. The zero-order valence-corrected chi connectivity index (χ0v) is 17.3. The molecule has 0 aromatic heterocycles. The van der Waals surface area contributed by atoms with Gasteiger partial charge in [0, 0.05) is 5.92 Å². The molecule has 1 amide bonds. The van der Waals surface area contributed by atoms with Gasteiger partial charge in [0.25, 0.3) is 0 Å². The number of carboxylic acids is 1. The molecule has 162 valence electrons. The Hall–Kier alpha value is -3.68. The van der Waals surface area contributed by atoms with Crippen LogP contribution in [0.5, 0.6) is 0 Å². The van der Waals surface area contributed by atoms with Crippen molar-refractivity contribution in [3.8, 4) is 11.1 Å². The van der Waals surface area contributed by atoms with Crippen molar-refractivity contribution in [2.24, 2.45) is 11.8 Å². The average molecular weight is 425 g/mol. The summed E-state index contributed by atoms with van der Waals surface area (Å²) in [6.07, 6.45) is 0. The second-order valence-corrected chi connectivity index (χ2v) is 7.32. The Morgan fingerprint density at radius 2 is 1.32 bits per heavy atom. The summed E-state index contributed by atoms with van der Waals surface area (Å²) in [6, 6.07) is 13.3. The van der Waals surface area contributed by atoms with Crippen LogP contribution in [0.3, 0.4) is 0 Å². The summed E-state index contributed by atoms with van der Waals surface area (Å²) < 4.78 is 9.28. The lowest BCUT2D eigenvalue weighted by Gasteiger charge is -2.27. The summed E-state index contributed by atoms with van der Waals surface area (Å²) in [5.41, 5.74) is 3.33. The van der Waals surface area contributed by atoms with E-state index in [-0.39, 0.29) is 0 Å². The van der Waals surface area contributed by atoms with E-state index in [0.717, 1.165) is 36.5 Å². The fourth-order valence-electron chi connectivity index (χ4n) is 4.06. The second kappa shape index (κ2) is 8.99. The number of aliphatic carboxylic acids is 1. The fraction of sp³-hybridized carbons (Fsp3) is 0.304. The van der Waals surface area contributed by atoms with Crippen molar-refractivity contribution < 1.29 is 33.8 Å². The highest BCUT2D eigenvalue weighted by Gasteiger charge is 2.43. The third kappa shape index (κ3) is 4.01. The molecule has 0 saturated carbocycles. The van der Waals surface area contributed by atoms with Crippen LogP contribution in [0.15, 0.2) is 48.5 Å². The largest absolute Gasteiger partial charge is 0.480 e. The summed E-state index contributed by atoms with van der Waals surface area (Å²) in [4.78, 5) is 49.5. The lowest BCUT2D eigenvalue weighted by Crippen LogP contribution is -2.51. The molecule has 0 heterocycles. The van der Waals surface area contributed by atoms with Gasteiger partial charge in [0.2, 0.25) is 5.91 Å². The highest BCUT2D eigenvalue weighted by atomic mass is 16.5. The van der Waals surface area contributed by atoms with Gasteiger partial charge >= 0.3 is 17.9 Å². The molecule has 31 heavy (non-hydrogen) atoms. The molecule has 2 atom stereocenters. The van der Waals surface area contributed by atoms with Crippen molar-refractivity contribution in [3.05, 3.63) is 59.7 Å². The van der Waals surface area contributed by atoms with E-state index >= 15 is 0 Å². The molecule has 1 aliphatic carbocycles. The number of ether oxygens (including phenoxy) is 2. The third-order valence-corrected chi connectivity index (χ3v) is 5.62. The Morgan fingerprint density at radius 3 is 1.74 bits per heavy atom. The number of hydrogen-bond donors (Lipinski definition) is 2. The van der Waals surface area contributed by atoms with Gasteiger partial charge in [-0.1, -0.05) is 55.5 Å². The van der Waals surface area contributed by atoms with Gasteiger partial charge in [-0.05, 0) is 22.3 Å². The molecule has 2 aromatic rings. The first kappa shape index (κ1) is 22.0. The summed E-state index contributed by atoms with van der Waals surface area (Å²) in [5, 5.41) is 12.3. The van der Waals surface area contributed by atoms with Gasteiger partial charge in [0.15, 0.2) is 5.92 Å². The number of amides is 1. The maximum atomic E-state index is 13.3. The van der Waals surface area contributed by atoms with Crippen molar-refractivity contribution in [3.63, 3.8) is 0 Å². The van der Waals surface area contributed by atoms with Crippen molar-refractivity contribution in [2.75, 3.05) is 14.2 Å². The summed E-state index contributed by atoms with van der Waals surface area (Å²) in [5.74, 6) is -7.11.